The molecule has 14 nitrogen and oxygen atoms in total. The van der Waals surface area contributed by atoms with Crippen LogP contribution >= 0.6 is 15.9 Å². The minimum absolute atomic E-state index is 0.0875. The molecular weight excluding hydrogens is 475 g/mol. The Morgan fingerprint density at radius 3 is 1.40 bits per heavy atom. The highest BCUT2D eigenvalue weighted by Crippen LogP contribution is 2.18. The summed E-state index contributed by atoms with van der Waals surface area (Å²) < 4.78 is 0. The number of hydroxylamine groups is 4. The van der Waals surface area contributed by atoms with Gasteiger partial charge in [0.1, 0.15) is 7.85 Å². The van der Waals surface area contributed by atoms with Gasteiger partial charge in [-0.2, -0.15) is 0 Å². The number of amides is 8. The fourth-order valence-electron chi connectivity index (χ4n) is 2.35. The van der Waals surface area contributed by atoms with Crippen LogP contribution < -0.4 is 0 Å². The highest BCUT2D eigenvalue weighted by molar-refractivity contribution is 9.09. The Morgan fingerprint density at radius 2 is 1.10 bits per heavy atom. The average molecular weight is 489 g/mol. The van der Waals surface area contributed by atoms with Crippen molar-refractivity contribution in [2.75, 3.05) is 5.33 Å². The van der Waals surface area contributed by atoms with E-state index in [1.54, 1.807) is 0 Å². The lowest BCUT2D eigenvalue weighted by molar-refractivity contribution is -0.187. The van der Waals surface area contributed by atoms with E-state index in [4.69, 9.17) is 0 Å². The molecule has 0 N–H and O–H groups in total. The maximum absolute atomic E-state index is 12.5. The number of imide groups is 4. The summed E-state index contributed by atoms with van der Waals surface area (Å²) in [5, 5.41) is -0.576. The number of hydrogen-bond donors (Lipinski definition) is 0. The summed E-state index contributed by atoms with van der Waals surface area (Å²) in [6.07, 6.45) is -4.83. The number of hydrogen-bond acceptors (Lipinski definition) is 10. The second-order valence-corrected chi connectivity index (χ2v) is 6.34. The highest BCUT2D eigenvalue weighted by atomic mass is 79.9. The number of rotatable bonds is 4. The van der Waals surface area contributed by atoms with Gasteiger partial charge in [-0.25, -0.2) is 9.59 Å². The van der Waals surface area contributed by atoms with Gasteiger partial charge in [-0.05, 0) is 6.32 Å². The number of hydrazine groups is 1. The average Bonchev–Trinajstić information content (AvgIpc) is 3.20. The van der Waals surface area contributed by atoms with Gasteiger partial charge in [0.2, 0.25) is 5.91 Å². The molecule has 2 heterocycles. The van der Waals surface area contributed by atoms with Crippen LogP contribution in [-0.4, -0.2) is 81.0 Å². The fraction of sp³-hybridized carbons (Fsp3) is 0.429. The molecule has 0 spiro atoms. The lowest BCUT2D eigenvalue weighted by atomic mass is 10.1. The molecule has 2 rings (SSSR count). The summed E-state index contributed by atoms with van der Waals surface area (Å²) in [7, 11) is 1.28. The maximum Gasteiger partial charge on any atom is 0.461 e. The number of carbonyl (C=O) groups is 8. The molecule has 2 saturated heterocycles. The van der Waals surface area contributed by atoms with Gasteiger partial charge in [0, 0.05) is 25.7 Å². The fourth-order valence-corrected chi connectivity index (χ4v) is 2.58. The molecule has 0 aromatic heterocycles. The van der Waals surface area contributed by atoms with Crippen molar-refractivity contribution in [3.8, 4) is 0 Å². The standard InChI is InChI=1S/C14H14BBrN4O10/c15-5-11(25)17(13(27)29-19-7(21)1-2-8(19)22)18(12(26)6-16)14(28)30-20-9(23)3-4-10(20)24/h1-6,15H2. The van der Waals surface area contributed by atoms with Gasteiger partial charge in [-0.1, -0.05) is 15.9 Å². The van der Waals surface area contributed by atoms with Crippen LogP contribution in [0, 0.1) is 0 Å². The third kappa shape index (κ3) is 4.64. The first-order chi connectivity index (χ1) is 14.1. The molecule has 2 aliphatic rings. The van der Waals surface area contributed by atoms with Crippen LogP contribution in [-0.2, 0) is 38.4 Å². The molecule has 30 heavy (non-hydrogen) atoms. The minimum Gasteiger partial charge on any atom is -0.309 e. The summed E-state index contributed by atoms with van der Waals surface area (Å²) in [6, 6.07) is 0. The second kappa shape index (κ2) is 9.47. The van der Waals surface area contributed by atoms with Crippen molar-refractivity contribution < 1.29 is 48.0 Å². The Balaban J connectivity index is 2.32. The van der Waals surface area contributed by atoms with Gasteiger partial charge in [0.15, 0.2) is 0 Å². The molecule has 0 bridgehead atoms. The topological polar surface area (TPSA) is 168 Å². The van der Waals surface area contributed by atoms with Gasteiger partial charge in [-0.15, -0.1) is 20.1 Å². The van der Waals surface area contributed by atoms with Crippen molar-refractivity contribution >= 4 is 71.4 Å². The molecule has 0 aromatic rings. The first kappa shape index (κ1) is 23.0. The lowest BCUT2D eigenvalue weighted by Gasteiger charge is -2.30. The van der Waals surface area contributed by atoms with Crippen LogP contribution in [0.5, 0.6) is 0 Å². The number of nitrogens with zero attached hydrogens (tertiary/aromatic N) is 4. The molecule has 0 saturated carbocycles. The van der Waals surface area contributed by atoms with Crippen molar-refractivity contribution in [3.05, 3.63) is 0 Å². The van der Waals surface area contributed by atoms with Crippen LogP contribution in [0.3, 0.4) is 0 Å². The Kier molecular flexibility index (Phi) is 7.26. The molecule has 8 amide bonds. The Morgan fingerprint density at radius 1 is 0.767 bits per heavy atom. The van der Waals surface area contributed by atoms with Gasteiger partial charge < -0.3 is 9.68 Å². The van der Waals surface area contributed by atoms with E-state index in [1.165, 1.54) is 7.85 Å². The number of carbonyl (C=O) groups excluding carboxylic acids is 8. The Bertz CT molecular complexity index is 749. The third-order valence-electron chi connectivity index (χ3n) is 3.79. The molecule has 0 radical (unpaired) electrons. The van der Waals surface area contributed by atoms with Gasteiger partial charge in [-0.3, -0.25) is 28.8 Å². The molecule has 16 heteroatoms. The highest BCUT2D eigenvalue weighted by Gasteiger charge is 2.44. The quantitative estimate of drug-likeness (QED) is 0.194. The SMILES string of the molecule is BCC(=O)N(C(=O)ON1C(=O)CCC1=O)N(C(=O)CBr)C(=O)ON1C(=O)CCC1=O. The Hall–Kier alpha value is -3.30. The first-order valence-electron chi connectivity index (χ1n) is 8.49. The van der Waals surface area contributed by atoms with E-state index in [0.29, 0.717) is 0 Å². The van der Waals surface area contributed by atoms with Crippen LogP contribution in [0.25, 0.3) is 0 Å². The zero-order valence-corrected chi connectivity index (χ0v) is 17.1. The van der Waals surface area contributed by atoms with Crippen molar-refractivity contribution in [3.63, 3.8) is 0 Å². The van der Waals surface area contributed by atoms with E-state index in [1.807, 2.05) is 0 Å². The lowest BCUT2D eigenvalue weighted by Crippen LogP contribution is -2.58. The Labute approximate surface area is 177 Å². The smallest absolute Gasteiger partial charge is 0.309 e. The second-order valence-electron chi connectivity index (χ2n) is 5.78. The van der Waals surface area contributed by atoms with Gasteiger partial charge in [0.05, 0.1) is 5.33 Å². The van der Waals surface area contributed by atoms with Crippen LogP contribution in [0.2, 0.25) is 6.32 Å². The summed E-state index contributed by atoms with van der Waals surface area (Å²) in [5.74, 6) is -5.84. The molecule has 0 atom stereocenters. The molecule has 160 valence electrons. The van der Waals surface area contributed by atoms with Crippen molar-refractivity contribution in [2.45, 2.75) is 32.0 Å². The van der Waals surface area contributed by atoms with E-state index in [0.717, 1.165) is 0 Å². The molecule has 2 aliphatic heterocycles. The largest absolute Gasteiger partial charge is 0.461 e. The van der Waals surface area contributed by atoms with Crippen LogP contribution in [0.1, 0.15) is 25.7 Å². The minimum atomic E-state index is -1.74. The van der Waals surface area contributed by atoms with E-state index in [-0.39, 0.29) is 45.8 Å². The first-order valence-corrected chi connectivity index (χ1v) is 9.61. The van der Waals surface area contributed by atoms with Crippen molar-refractivity contribution in [2.24, 2.45) is 0 Å². The van der Waals surface area contributed by atoms with Crippen LogP contribution in [0.4, 0.5) is 9.59 Å². The normalized spacial score (nSPS) is 16.0. The molecule has 0 aromatic carbocycles. The van der Waals surface area contributed by atoms with E-state index < -0.39 is 59.3 Å². The molecule has 0 aliphatic carbocycles. The van der Waals surface area contributed by atoms with Crippen molar-refractivity contribution in [1.82, 2.24) is 20.1 Å². The molecular formula is C14H14BBrN4O10. The van der Waals surface area contributed by atoms with Gasteiger partial charge in [0.25, 0.3) is 29.5 Å². The molecule has 2 fully saturated rings. The van der Waals surface area contributed by atoms with E-state index in [9.17, 15) is 38.4 Å². The zero-order valence-electron chi connectivity index (χ0n) is 15.5. The van der Waals surface area contributed by atoms with Gasteiger partial charge >= 0.3 is 12.2 Å². The summed E-state index contributed by atoms with van der Waals surface area (Å²) in [4.78, 5) is 105. The third-order valence-corrected chi connectivity index (χ3v) is 4.27. The number of halogens is 1. The van der Waals surface area contributed by atoms with Crippen molar-refractivity contribution in [1.29, 1.82) is 0 Å². The van der Waals surface area contributed by atoms with E-state index in [2.05, 4.69) is 25.6 Å². The van der Waals surface area contributed by atoms with Crippen LogP contribution in [0.15, 0.2) is 0 Å². The number of alkyl halides is 1. The van der Waals surface area contributed by atoms with E-state index >= 15 is 0 Å². The maximum atomic E-state index is 12.5. The predicted molar refractivity (Wildman–Crippen MR) is 96.0 cm³/mol. The monoisotopic (exact) mass is 488 g/mol. The molecule has 0 unspecified atom stereocenters. The zero-order chi connectivity index (χ0) is 22.6. The summed E-state index contributed by atoms with van der Waals surface area (Å²) >= 11 is 2.76. The summed E-state index contributed by atoms with van der Waals surface area (Å²) in [5.41, 5.74) is 0. The predicted octanol–water partition coefficient (Wildman–Crippen LogP) is -1.59. The summed E-state index contributed by atoms with van der Waals surface area (Å²) in [6.45, 7) is 0.